The van der Waals surface area contributed by atoms with E-state index in [1.54, 1.807) is 13.0 Å². The molecule has 1 atom stereocenters. The number of benzene rings is 1. The average Bonchev–Trinajstić information content (AvgIpc) is 2.42. The summed E-state index contributed by atoms with van der Waals surface area (Å²) < 4.78 is 64.4. The maximum absolute atomic E-state index is 13.6. The van der Waals surface area contributed by atoms with Crippen LogP contribution in [0.5, 0.6) is 11.6 Å². The second-order valence-electron chi connectivity index (χ2n) is 5.51. The van der Waals surface area contributed by atoms with Crippen LogP contribution in [0, 0.1) is 12.7 Å². The summed E-state index contributed by atoms with van der Waals surface area (Å²) in [5.41, 5.74) is 3.47. The fraction of sp³-hybridized carbons (Fsp3) is 0.312. The number of nitrogens with zero attached hydrogens (tertiary/aromatic N) is 1. The van der Waals surface area contributed by atoms with Crippen molar-refractivity contribution in [3.8, 4) is 11.6 Å². The van der Waals surface area contributed by atoms with Crippen LogP contribution in [-0.2, 0) is 10.3 Å². The second-order valence-corrected chi connectivity index (χ2v) is 5.51. The highest BCUT2D eigenvalue weighted by molar-refractivity contribution is 5.52. The number of pyridine rings is 1. The lowest BCUT2D eigenvalue weighted by Gasteiger charge is -2.43. The Bertz CT molecular complexity index is 773. The number of rotatable bonds is 3. The molecular formula is C16H14F4N2O2. The Balaban J connectivity index is 2.08. The summed E-state index contributed by atoms with van der Waals surface area (Å²) in [7, 11) is 0. The zero-order chi connectivity index (χ0) is 17.5. The average molecular weight is 342 g/mol. The summed E-state index contributed by atoms with van der Waals surface area (Å²) >= 11 is 0. The first-order chi connectivity index (χ1) is 11.2. The van der Waals surface area contributed by atoms with Gasteiger partial charge in [0.2, 0.25) is 5.88 Å². The Morgan fingerprint density at radius 3 is 2.54 bits per heavy atom. The Morgan fingerprint density at radius 2 is 1.96 bits per heavy atom. The zero-order valence-electron chi connectivity index (χ0n) is 12.7. The van der Waals surface area contributed by atoms with Crippen molar-refractivity contribution < 1.29 is 27.0 Å². The molecule has 4 nitrogen and oxygen atoms in total. The quantitative estimate of drug-likeness (QED) is 0.854. The summed E-state index contributed by atoms with van der Waals surface area (Å²) in [6.45, 7) is 1.62. The van der Waals surface area contributed by atoms with Crippen molar-refractivity contribution in [1.29, 1.82) is 0 Å². The number of hydrogen-bond donors (Lipinski definition) is 1. The van der Waals surface area contributed by atoms with Crippen molar-refractivity contribution >= 4 is 5.69 Å². The summed E-state index contributed by atoms with van der Waals surface area (Å²) in [5.74, 6) is -1.06. The molecular weight excluding hydrogens is 328 g/mol. The number of nitrogens with two attached hydrogens (primary N) is 1. The molecule has 2 N–H and O–H groups in total. The molecule has 1 aliphatic heterocycles. The molecule has 1 aliphatic rings. The first-order valence-corrected chi connectivity index (χ1v) is 7.15. The van der Waals surface area contributed by atoms with E-state index in [4.69, 9.17) is 15.2 Å². The van der Waals surface area contributed by atoms with Gasteiger partial charge in [-0.2, -0.15) is 13.2 Å². The fourth-order valence-corrected chi connectivity index (χ4v) is 2.53. The standard InChI is InChI=1S/C16H14F4N2O2/c1-9-2-4-12(21)14(22-9)24-13-5-3-10(17)8-11(13)15(6-7-23-15)16(18,19)20/h2-5,8H,6-7,21H2,1H3. The van der Waals surface area contributed by atoms with E-state index in [1.807, 2.05) is 0 Å². The predicted molar refractivity (Wildman–Crippen MR) is 78.2 cm³/mol. The van der Waals surface area contributed by atoms with Gasteiger partial charge in [0.15, 0.2) is 5.60 Å². The van der Waals surface area contributed by atoms with E-state index in [0.717, 1.165) is 18.2 Å². The molecule has 1 aromatic carbocycles. The summed E-state index contributed by atoms with van der Waals surface area (Å²) in [6, 6.07) is 6.06. The van der Waals surface area contributed by atoms with Gasteiger partial charge in [-0.05, 0) is 37.3 Å². The Labute approximate surface area is 135 Å². The van der Waals surface area contributed by atoms with Crippen LogP contribution in [0.25, 0.3) is 0 Å². The molecule has 1 unspecified atom stereocenters. The van der Waals surface area contributed by atoms with Gasteiger partial charge in [0.05, 0.1) is 12.3 Å². The van der Waals surface area contributed by atoms with Gasteiger partial charge in [-0.1, -0.05) is 0 Å². The first-order valence-electron chi connectivity index (χ1n) is 7.15. The minimum absolute atomic E-state index is 0.0421. The molecule has 128 valence electrons. The third-order valence-electron chi connectivity index (χ3n) is 3.87. The summed E-state index contributed by atoms with van der Waals surface area (Å²) in [5, 5.41) is 0. The summed E-state index contributed by atoms with van der Waals surface area (Å²) in [6.07, 6.45) is -5.02. The van der Waals surface area contributed by atoms with Gasteiger partial charge in [0, 0.05) is 17.7 Å². The molecule has 0 saturated carbocycles. The van der Waals surface area contributed by atoms with Crippen molar-refractivity contribution in [2.75, 3.05) is 12.3 Å². The normalized spacial score (nSPS) is 20.5. The van der Waals surface area contributed by atoms with E-state index in [1.165, 1.54) is 6.07 Å². The molecule has 1 saturated heterocycles. The van der Waals surface area contributed by atoms with E-state index in [2.05, 4.69) is 4.98 Å². The van der Waals surface area contributed by atoms with Gasteiger partial charge in [-0.25, -0.2) is 9.37 Å². The molecule has 1 aromatic heterocycles. The van der Waals surface area contributed by atoms with Crippen LogP contribution in [-0.4, -0.2) is 17.8 Å². The minimum atomic E-state index is -4.71. The van der Waals surface area contributed by atoms with Gasteiger partial charge in [-0.3, -0.25) is 0 Å². The van der Waals surface area contributed by atoms with E-state index >= 15 is 0 Å². The minimum Gasteiger partial charge on any atom is -0.437 e. The van der Waals surface area contributed by atoms with Crippen LogP contribution in [0.2, 0.25) is 0 Å². The molecule has 0 spiro atoms. The maximum Gasteiger partial charge on any atom is 0.421 e. The van der Waals surface area contributed by atoms with E-state index in [9.17, 15) is 17.6 Å². The smallest absolute Gasteiger partial charge is 0.421 e. The third kappa shape index (κ3) is 2.66. The van der Waals surface area contributed by atoms with Crippen molar-refractivity contribution in [2.45, 2.75) is 25.1 Å². The van der Waals surface area contributed by atoms with Gasteiger partial charge in [-0.15, -0.1) is 0 Å². The molecule has 8 heteroatoms. The van der Waals surface area contributed by atoms with Crippen LogP contribution in [0.3, 0.4) is 0 Å². The highest BCUT2D eigenvalue weighted by atomic mass is 19.4. The largest absolute Gasteiger partial charge is 0.437 e. The molecule has 0 bridgehead atoms. The number of anilines is 1. The fourth-order valence-electron chi connectivity index (χ4n) is 2.53. The number of nitrogen functional groups attached to an aromatic ring is 1. The molecule has 2 heterocycles. The Hall–Kier alpha value is -2.35. The molecule has 3 rings (SSSR count). The van der Waals surface area contributed by atoms with Gasteiger partial charge >= 0.3 is 6.18 Å². The highest BCUT2D eigenvalue weighted by Crippen LogP contribution is 2.53. The number of aryl methyl sites for hydroxylation is 1. The van der Waals surface area contributed by atoms with Gasteiger partial charge < -0.3 is 15.2 Å². The van der Waals surface area contributed by atoms with E-state index in [0.29, 0.717) is 5.69 Å². The number of ether oxygens (including phenoxy) is 2. The molecule has 0 amide bonds. The van der Waals surface area contributed by atoms with Gasteiger partial charge in [0.1, 0.15) is 11.6 Å². The van der Waals surface area contributed by atoms with Crippen molar-refractivity contribution in [1.82, 2.24) is 4.98 Å². The van der Waals surface area contributed by atoms with E-state index < -0.39 is 23.2 Å². The van der Waals surface area contributed by atoms with Crippen LogP contribution < -0.4 is 10.5 Å². The van der Waals surface area contributed by atoms with Crippen molar-refractivity contribution in [3.05, 3.63) is 47.4 Å². The highest BCUT2D eigenvalue weighted by Gasteiger charge is 2.62. The lowest BCUT2D eigenvalue weighted by molar-refractivity contribution is -0.333. The molecule has 24 heavy (non-hydrogen) atoms. The van der Waals surface area contributed by atoms with Crippen LogP contribution in [0.4, 0.5) is 23.2 Å². The number of alkyl halides is 3. The number of hydrogen-bond acceptors (Lipinski definition) is 4. The second kappa shape index (κ2) is 5.62. The van der Waals surface area contributed by atoms with Crippen LogP contribution in [0.15, 0.2) is 30.3 Å². The van der Waals surface area contributed by atoms with Crippen molar-refractivity contribution in [3.63, 3.8) is 0 Å². The third-order valence-corrected chi connectivity index (χ3v) is 3.87. The van der Waals surface area contributed by atoms with Crippen molar-refractivity contribution in [2.24, 2.45) is 0 Å². The van der Waals surface area contributed by atoms with E-state index in [-0.39, 0.29) is 30.3 Å². The molecule has 1 fully saturated rings. The number of halogens is 4. The lowest BCUT2D eigenvalue weighted by Crippen LogP contribution is -2.52. The maximum atomic E-state index is 13.6. The zero-order valence-corrected chi connectivity index (χ0v) is 12.7. The molecule has 2 aromatic rings. The Morgan fingerprint density at radius 1 is 1.25 bits per heavy atom. The predicted octanol–water partition coefficient (Wildman–Crippen LogP) is 4.08. The van der Waals surface area contributed by atoms with Gasteiger partial charge in [0.25, 0.3) is 0 Å². The van der Waals surface area contributed by atoms with Crippen LogP contribution in [0.1, 0.15) is 17.7 Å². The lowest BCUT2D eigenvalue weighted by atomic mass is 9.85. The SMILES string of the molecule is Cc1ccc(N)c(Oc2ccc(F)cc2C2(C(F)(F)F)CCO2)n1. The monoisotopic (exact) mass is 342 g/mol. The Kier molecular flexibility index (Phi) is 3.87. The summed E-state index contributed by atoms with van der Waals surface area (Å²) in [4.78, 5) is 4.06. The first kappa shape index (κ1) is 16.5. The molecule has 0 aliphatic carbocycles. The number of aromatic nitrogens is 1. The molecule has 0 radical (unpaired) electrons. The topological polar surface area (TPSA) is 57.4 Å². The van der Waals surface area contributed by atoms with Crippen LogP contribution >= 0.6 is 0 Å².